The average molecular weight is 334 g/mol. The van der Waals surface area contributed by atoms with Gasteiger partial charge in [-0.3, -0.25) is 0 Å². The lowest BCUT2D eigenvalue weighted by atomic mass is 10.2. The molecule has 3 aromatic rings. The number of aromatic nitrogens is 1. The minimum Gasteiger partial charge on any atom is -0.490 e. The molecule has 0 aliphatic rings. The Morgan fingerprint density at radius 2 is 1.88 bits per heavy atom. The number of para-hydroxylation sites is 1. The summed E-state index contributed by atoms with van der Waals surface area (Å²) in [6.07, 6.45) is 1.83. The first kappa shape index (κ1) is 16.6. The zero-order chi connectivity index (χ0) is 17.6. The lowest BCUT2D eigenvalue weighted by Crippen LogP contribution is -2.12. The van der Waals surface area contributed by atoms with Gasteiger partial charge in [-0.2, -0.15) is 5.26 Å². The molecule has 0 atom stereocenters. The molecule has 0 radical (unpaired) electrons. The van der Waals surface area contributed by atoms with Crippen LogP contribution in [-0.2, 0) is 11.3 Å². The summed E-state index contributed by atoms with van der Waals surface area (Å²) in [5.74, 6) is 0.282. The molecule has 1 aromatic heterocycles. The predicted molar refractivity (Wildman–Crippen MR) is 94.5 cm³/mol. The number of rotatable bonds is 6. The number of hydrogen-bond donors (Lipinski definition) is 0. The number of benzene rings is 2. The van der Waals surface area contributed by atoms with Gasteiger partial charge in [0.05, 0.1) is 17.2 Å². The van der Waals surface area contributed by atoms with E-state index in [4.69, 9.17) is 14.7 Å². The molecular weight excluding hydrogens is 316 g/mol. The van der Waals surface area contributed by atoms with Gasteiger partial charge in [-0.25, -0.2) is 4.79 Å². The number of carbonyl (C=O) groups is 1. The fourth-order valence-corrected chi connectivity index (χ4v) is 2.67. The monoisotopic (exact) mass is 334 g/mol. The zero-order valence-corrected chi connectivity index (χ0v) is 13.9. The second kappa shape index (κ2) is 7.54. The Labute approximate surface area is 146 Å². The second-order valence-electron chi connectivity index (χ2n) is 5.47. The SMILES string of the molecule is CCn1cc(C(=O)OCCOc2ccc(C#N)cc2)c2ccccc21. The first-order valence-electron chi connectivity index (χ1n) is 8.11. The fourth-order valence-electron chi connectivity index (χ4n) is 2.67. The van der Waals surface area contributed by atoms with E-state index in [0.29, 0.717) is 16.9 Å². The number of nitrogens with zero attached hydrogens (tertiary/aromatic N) is 2. The molecular formula is C20H18N2O3. The molecule has 0 saturated carbocycles. The molecule has 3 rings (SSSR count). The van der Waals surface area contributed by atoms with Crippen molar-refractivity contribution in [1.29, 1.82) is 5.26 Å². The van der Waals surface area contributed by atoms with Crippen molar-refractivity contribution >= 4 is 16.9 Å². The second-order valence-corrected chi connectivity index (χ2v) is 5.47. The van der Waals surface area contributed by atoms with Gasteiger partial charge >= 0.3 is 5.97 Å². The molecule has 0 aliphatic carbocycles. The standard InChI is InChI=1S/C20H18N2O3/c1-2-22-14-18(17-5-3-4-6-19(17)22)20(23)25-12-11-24-16-9-7-15(13-21)8-10-16/h3-10,14H,2,11-12H2,1H3. The van der Waals surface area contributed by atoms with Crippen LogP contribution in [0, 0.1) is 11.3 Å². The molecule has 0 saturated heterocycles. The third kappa shape index (κ3) is 3.64. The summed E-state index contributed by atoms with van der Waals surface area (Å²) in [6.45, 7) is 3.23. The summed E-state index contributed by atoms with van der Waals surface area (Å²) in [6, 6.07) is 16.6. The van der Waals surface area contributed by atoms with Gasteiger partial charge in [0.25, 0.3) is 0 Å². The van der Waals surface area contributed by atoms with E-state index in [1.807, 2.05) is 48.0 Å². The molecule has 0 fully saturated rings. The highest BCUT2D eigenvalue weighted by Gasteiger charge is 2.15. The highest BCUT2D eigenvalue weighted by atomic mass is 16.6. The van der Waals surface area contributed by atoms with E-state index in [9.17, 15) is 4.79 Å². The van der Waals surface area contributed by atoms with E-state index in [1.54, 1.807) is 24.3 Å². The van der Waals surface area contributed by atoms with Crippen LogP contribution in [-0.4, -0.2) is 23.8 Å². The van der Waals surface area contributed by atoms with E-state index >= 15 is 0 Å². The van der Waals surface area contributed by atoms with Crippen LogP contribution in [0.1, 0.15) is 22.8 Å². The summed E-state index contributed by atoms with van der Waals surface area (Å²) in [5, 5.41) is 9.65. The number of nitriles is 1. The van der Waals surface area contributed by atoms with E-state index in [2.05, 4.69) is 0 Å². The van der Waals surface area contributed by atoms with Crippen LogP contribution < -0.4 is 4.74 Å². The maximum atomic E-state index is 12.4. The van der Waals surface area contributed by atoms with Crippen molar-refractivity contribution < 1.29 is 14.3 Å². The number of esters is 1. The third-order valence-electron chi connectivity index (χ3n) is 3.92. The Kier molecular flexibility index (Phi) is 5.00. The number of fused-ring (bicyclic) bond motifs is 1. The van der Waals surface area contributed by atoms with Gasteiger partial charge in [-0.1, -0.05) is 18.2 Å². The van der Waals surface area contributed by atoms with Gasteiger partial charge in [0.1, 0.15) is 19.0 Å². The Morgan fingerprint density at radius 1 is 1.12 bits per heavy atom. The first-order chi connectivity index (χ1) is 12.2. The molecule has 0 aliphatic heterocycles. The molecule has 0 N–H and O–H groups in total. The molecule has 2 aromatic carbocycles. The summed E-state index contributed by atoms with van der Waals surface area (Å²) in [7, 11) is 0. The van der Waals surface area contributed by atoms with Gasteiger partial charge in [-0.15, -0.1) is 0 Å². The van der Waals surface area contributed by atoms with E-state index in [1.165, 1.54) is 0 Å². The van der Waals surface area contributed by atoms with E-state index in [0.717, 1.165) is 17.4 Å². The molecule has 5 heteroatoms. The number of hydrogen-bond acceptors (Lipinski definition) is 4. The van der Waals surface area contributed by atoms with Crippen molar-refractivity contribution in [2.45, 2.75) is 13.5 Å². The summed E-state index contributed by atoms with van der Waals surface area (Å²) < 4.78 is 12.9. The normalized spacial score (nSPS) is 10.4. The largest absolute Gasteiger partial charge is 0.490 e. The van der Waals surface area contributed by atoms with Gasteiger partial charge in [-0.05, 0) is 37.3 Å². The van der Waals surface area contributed by atoms with Gasteiger partial charge in [0.2, 0.25) is 0 Å². The lowest BCUT2D eigenvalue weighted by Gasteiger charge is -2.07. The quantitative estimate of drug-likeness (QED) is 0.508. The van der Waals surface area contributed by atoms with Crippen molar-refractivity contribution in [2.24, 2.45) is 0 Å². The van der Waals surface area contributed by atoms with Crippen LogP contribution >= 0.6 is 0 Å². The van der Waals surface area contributed by atoms with Crippen LogP contribution in [0.15, 0.2) is 54.7 Å². The molecule has 0 amide bonds. The first-order valence-corrected chi connectivity index (χ1v) is 8.11. The van der Waals surface area contributed by atoms with Crippen LogP contribution in [0.2, 0.25) is 0 Å². The molecule has 126 valence electrons. The fraction of sp³-hybridized carbons (Fsp3) is 0.200. The Hall–Kier alpha value is -3.26. The topological polar surface area (TPSA) is 64.2 Å². The molecule has 5 nitrogen and oxygen atoms in total. The molecule has 0 unspecified atom stereocenters. The average Bonchev–Trinajstić information content (AvgIpc) is 3.04. The third-order valence-corrected chi connectivity index (χ3v) is 3.92. The Bertz CT molecular complexity index is 920. The predicted octanol–water partition coefficient (Wildman–Crippen LogP) is 3.77. The molecule has 0 bridgehead atoms. The van der Waals surface area contributed by atoms with Gasteiger partial charge < -0.3 is 14.0 Å². The van der Waals surface area contributed by atoms with Crippen molar-refractivity contribution in [3.8, 4) is 11.8 Å². The Balaban J connectivity index is 1.58. The van der Waals surface area contributed by atoms with Crippen LogP contribution in [0.5, 0.6) is 5.75 Å². The van der Waals surface area contributed by atoms with Crippen molar-refractivity contribution in [2.75, 3.05) is 13.2 Å². The number of ether oxygens (including phenoxy) is 2. The van der Waals surface area contributed by atoms with Crippen LogP contribution in [0.25, 0.3) is 10.9 Å². The smallest absolute Gasteiger partial charge is 0.340 e. The molecule has 25 heavy (non-hydrogen) atoms. The molecule has 1 heterocycles. The minimum atomic E-state index is -0.355. The lowest BCUT2D eigenvalue weighted by molar-refractivity contribution is 0.0452. The Morgan fingerprint density at radius 3 is 2.60 bits per heavy atom. The minimum absolute atomic E-state index is 0.157. The number of aryl methyl sites for hydroxylation is 1. The summed E-state index contributed by atoms with van der Waals surface area (Å²) >= 11 is 0. The maximum absolute atomic E-state index is 12.4. The highest BCUT2D eigenvalue weighted by Crippen LogP contribution is 2.22. The number of carbonyl (C=O) groups excluding carboxylic acids is 1. The zero-order valence-electron chi connectivity index (χ0n) is 13.9. The molecule has 0 spiro atoms. The van der Waals surface area contributed by atoms with Crippen LogP contribution in [0.4, 0.5) is 0 Å². The van der Waals surface area contributed by atoms with E-state index < -0.39 is 0 Å². The van der Waals surface area contributed by atoms with Crippen LogP contribution in [0.3, 0.4) is 0 Å². The van der Waals surface area contributed by atoms with E-state index in [-0.39, 0.29) is 19.2 Å². The maximum Gasteiger partial charge on any atom is 0.340 e. The van der Waals surface area contributed by atoms with Gasteiger partial charge in [0.15, 0.2) is 0 Å². The van der Waals surface area contributed by atoms with Crippen molar-refractivity contribution in [3.63, 3.8) is 0 Å². The van der Waals surface area contributed by atoms with Gasteiger partial charge in [0, 0.05) is 23.6 Å². The highest BCUT2D eigenvalue weighted by molar-refractivity contribution is 6.04. The van der Waals surface area contributed by atoms with Crippen molar-refractivity contribution in [3.05, 3.63) is 65.9 Å². The van der Waals surface area contributed by atoms with Crippen molar-refractivity contribution in [1.82, 2.24) is 4.57 Å². The summed E-state index contributed by atoms with van der Waals surface area (Å²) in [4.78, 5) is 12.4. The summed E-state index contributed by atoms with van der Waals surface area (Å²) in [5.41, 5.74) is 2.16.